The number of hydrogen-bond acceptors (Lipinski definition) is 1. The molecule has 0 saturated carbocycles. The molecule has 0 amide bonds. The van der Waals surface area contributed by atoms with E-state index in [0.717, 1.165) is 12.8 Å². The summed E-state index contributed by atoms with van der Waals surface area (Å²) in [6.45, 7) is 4.46. The van der Waals surface area contributed by atoms with E-state index in [9.17, 15) is 0 Å². The van der Waals surface area contributed by atoms with Crippen LogP contribution in [0, 0.1) is 0 Å². The van der Waals surface area contributed by atoms with Gasteiger partial charge in [0.1, 0.15) is 0 Å². The summed E-state index contributed by atoms with van der Waals surface area (Å²) in [5.74, 6) is 0. The van der Waals surface area contributed by atoms with Gasteiger partial charge in [-0.2, -0.15) is 0 Å². The van der Waals surface area contributed by atoms with E-state index in [1.54, 1.807) is 0 Å². The van der Waals surface area contributed by atoms with E-state index < -0.39 is 0 Å². The molecular formula is C19H23N. The molecule has 2 aromatic carbocycles. The zero-order valence-corrected chi connectivity index (χ0v) is 12.4. The van der Waals surface area contributed by atoms with Crippen molar-refractivity contribution in [2.75, 3.05) is 5.32 Å². The van der Waals surface area contributed by atoms with E-state index in [1.165, 1.54) is 40.8 Å². The molecule has 2 aromatic rings. The highest BCUT2D eigenvalue weighted by atomic mass is 14.9. The van der Waals surface area contributed by atoms with Crippen molar-refractivity contribution in [2.24, 2.45) is 0 Å². The first-order chi connectivity index (χ1) is 9.74. The summed E-state index contributed by atoms with van der Waals surface area (Å²) < 4.78 is 0. The molecule has 1 aliphatic rings. The molecule has 0 aliphatic carbocycles. The van der Waals surface area contributed by atoms with E-state index in [4.69, 9.17) is 0 Å². The van der Waals surface area contributed by atoms with Crippen molar-refractivity contribution < 1.29 is 0 Å². The minimum atomic E-state index is 0.606. The van der Waals surface area contributed by atoms with E-state index in [0.29, 0.717) is 6.04 Å². The quantitative estimate of drug-likeness (QED) is 0.856. The topological polar surface area (TPSA) is 12.0 Å². The average molecular weight is 265 g/mol. The largest absolute Gasteiger partial charge is 0.382 e. The summed E-state index contributed by atoms with van der Waals surface area (Å²) in [4.78, 5) is 0. The van der Waals surface area contributed by atoms with E-state index in [2.05, 4.69) is 61.6 Å². The summed E-state index contributed by atoms with van der Waals surface area (Å²) in [5, 5.41) is 3.57. The van der Waals surface area contributed by atoms with Gasteiger partial charge in [-0.25, -0.2) is 0 Å². The Labute approximate surface area is 122 Å². The lowest BCUT2D eigenvalue weighted by Crippen LogP contribution is -2.21. The van der Waals surface area contributed by atoms with Gasteiger partial charge in [0, 0.05) is 11.7 Å². The second kappa shape index (κ2) is 5.70. The molecule has 104 valence electrons. The Kier molecular flexibility index (Phi) is 3.77. The van der Waals surface area contributed by atoms with Gasteiger partial charge in [0.15, 0.2) is 0 Å². The Bertz CT molecular complexity index is 583. The van der Waals surface area contributed by atoms with Crippen LogP contribution >= 0.6 is 0 Å². The Hall–Kier alpha value is -1.76. The molecule has 1 heterocycles. The van der Waals surface area contributed by atoms with Crippen LogP contribution in [0.15, 0.2) is 42.5 Å². The molecule has 1 atom stereocenters. The Morgan fingerprint density at radius 2 is 1.70 bits per heavy atom. The average Bonchev–Trinajstić information content (AvgIpc) is 2.48. The highest BCUT2D eigenvalue weighted by Gasteiger charge is 2.13. The van der Waals surface area contributed by atoms with Gasteiger partial charge < -0.3 is 5.32 Å². The van der Waals surface area contributed by atoms with Crippen LogP contribution in [0.5, 0.6) is 0 Å². The monoisotopic (exact) mass is 265 g/mol. The summed E-state index contributed by atoms with van der Waals surface area (Å²) >= 11 is 0. The molecule has 0 fully saturated rings. The third-order valence-corrected chi connectivity index (χ3v) is 4.26. The molecule has 0 bridgehead atoms. The molecule has 0 spiro atoms. The van der Waals surface area contributed by atoms with Crippen molar-refractivity contribution in [3.63, 3.8) is 0 Å². The molecule has 20 heavy (non-hydrogen) atoms. The maximum atomic E-state index is 3.57. The first-order valence-corrected chi connectivity index (χ1v) is 7.70. The van der Waals surface area contributed by atoms with Gasteiger partial charge >= 0.3 is 0 Å². The van der Waals surface area contributed by atoms with Gasteiger partial charge in [0.25, 0.3) is 0 Å². The smallest absolute Gasteiger partial charge is 0.0374 e. The van der Waals surface area contributed by atoms with Crippen LogP contribution in [0.4, 0.5) is 5.69 Å². The summed E-state index contributed by atoms with van der Waals surface area (Å²) in [7, 11) is 0. The molecule has 3 rings (SSSR count). The molecule has 1 nitrogen and oxygen atoms in total. The van der Waals surface area contributed by atoms with Crippen LogP contribution in [0.2, 0.25) is 0 Å². The highest BCUT2D eigenvalue weighted by molar-refractivity contribution is 5.55. The van der Waals surface area contributed by atoms with Gasteiger partial charge in [-0.15, -0.1) is 0 Å². The van der Waals surface area contributed by atoms with Crippen molar-refractivity contribution in [1.29, 1.82) is 0 Å². The molecule has 1 N–H and O–H groups in total. The van der Waals surface area contributed by atoms with Crippen LogP contribution in [-0.2, 0) is 19.3 Å². The van der Waals surface area contributed by atoms with E-state index in [-0.39, 0.29) is 0 Å². The Morgan fingerprint density at radius 3 is 2.45 bits per heavy atom. The number of aryl methyl sites for hydroxylation is 2. The lowest BCUT2D eigenvalue weighted by atomic mass is 9.95. The number of anilines is 1. The van der Waals surface area contributed by atoms with Gasteiger partial charge in [0.2, 0.25) is 0 Å². The standard InChI is InChI=1S/C19H23N/c1-3-15-5-7-16(8-6-15)12-17-9-11-19-18(13-17)10-4-14(2)20-19/h5-9,11,13-14,20H,3-4,10,12H2,1-2H3. The normalized spacial score (nSPS) is 17.4. The van der Waals surface area contributed by atoms with Crippen molar-refractivity contribution >= 4 is 5.69 Å². The van der Waals surface area contributed by atoms with E-state index in [1.807, 2.05) is 0 Å². The van der Waals surface area contributed by atoms with Crippen LogP contribution in [0.3, 0.4) is 0 Å². The van der Waals surface area contributed by atoms with Crippen LogP contribution in [0.25, 0.3) is 0 Å². The summed E-state index contributed by atoms with van der Waals surface area (Å²) in [6, 6.07) is 16.5. The molecule has 0 saturated heterocycles. The predicted molar refractivity (Wildman–Crippen MR) is 86.5 cm³/mol. The second-order valence-corrected chi connectivity index (χ2v) is 5.92. The third-order valence-electron chi connectivity index (χ3n) is 4.26. The summed E-state index contributed by atoms with van der Waals surface area (Å²) in [6.07, 6.45) is 4.59. The number of fused-ring (bicyclic) bond motifs is 1. The zero-order chi connectivity index (χ0) is 13.9. The Balaban J connectivity index is 1.77. The highest BCUT2D eigenvalue weighted by Crippen LogP contribution is 2.26. The lowest BCUT2D eigenvalue weighted by molar-refractivity contribution is 0.680. The molecule has 0 aromatic heterocycles. The first kappa shape index (κ1) is 13.2. The summed E-state index contributed by atoms with van der Waals surface area (Å²) in [5.41, 5.74) is 7.04. The van der Waals surface area contributed by atoms with E-state index >= 15 is 0 Å². The SMILES string of the molecule is CCc1ccc(Cc2ccc3c(c2)CCC(C)N3)cc1. The minimum Gasteiger partial charge on any atom is -0.382 e. The van der Waals surface area contributed by atoms with Crippen molar-refractivity contribution in [3.8, 4) is 0 Å². The minimum absolute atomic E-state index is 0.606. The van der Waals surface area contributed by atoms with Gasteiger partial charge in [0.05, 0.1) is 0 Å². The fraction of sp³-hybridized carbons (Fsp3) is 0.368. The molecule has 1 aliphatic heterocycles. The fourth-order valence-corrected chi connectivity index (χ4v) is 2.94. The number of benzene rings is 2. The zero-order valence-electron chi connectivity index (χ0n) is 12.4. The number of hydrogen-bond donors (Lipinski definition) is 1. The third kappa shape index (κ3) is 2.87. The molecule has 0 radical (unpaired) electrons. The molecule has 1 heteroatoms. The maximum Gasteiger partial charge on any atom is 0.0374 e. The maximum absolute atomic E-state index is 3.57. The van der Waals surface area contributed by atoms with Gasteiger partial charge in [-0.05, 0) is 60.9 Å². The molecular weight excluding hydrogens is 242 g/mol. The first-order valence-electron chi connectivity index (χ1n) is 7.70. The Morgan fingerprint density at radius 1 is 1.00 bits per heavy atom. The van der Waals surface area contributed by atoms with Crippen LogP contribution in [-0.4, -0.2) is 6.04 Å². The fourth-order valence-electron chi connectivity index (χ4n) is 2.94. The van der Waals surface area contributed by atoms with Crippen molar-refractivity contribution in [3.05, 3.63) is 64.7 Å². The number of rotatable bonds is 3. The number of nitrogens with one attached hydrogen (secondary N) is 1. The van der Waals surface area contributed by atoms with Crippen LogP contribution < -0.4 is 5.32 Å². The van der Waals surface area contributed by atoms with Crippen molar-refractivity contribution in [1.82, 2.24) is 0 Å². The van der Waals surface area contributed by atoms with Crippen LogP contribution in [0.1, 0.15) is 42.5 Å². The van der Waals surface area contributed by atoms with Gasteiger partial charge in [-0.3, -0.25) is 0 Å². The second-order valence-electron chi connectivity index (χ2n) is 5.92. The van der Waals surface area contributed by atoms with Crippen molar-refractivity contribution in [2.45, 2.75) is 45.6 Å². The lowest BCUT2D eigenvalue weighted by Gasteiger charge is -2.24. The predicted octanol–water partition coefficient (Wildman–Crippen LogP) is 4.59. The molecule has 1 unspecified atom stereocenters. The van der Waals surface area contributed by atoms with Gasteiger partial charge in [-0.1, -0.05) is 43.3 Å².